The van der Waals surface area contributed by atoms with Crippen LogP contribution in [-0.2, 0) is 22.6 Å². The number of aliphatic hydroxyl groups is 2. The summed E-state index contributed by atoms with van der Waals surface area (Å²) in [6, 6.07) is 12.9. The SMILES string of the molecule is O=C(O)C(Cc1ccc(OCC(O)c2cccc(CO)c2)cc1)OCC(F)(F)F. The van der Waals surface area contributed by atoms with Crippen molar-refractivity contribution in [3.8, 4) is 5.75 Å². The van der Waals surface area contributed by atoms with Gasteiger partial charge < -0.3 is 24.8 Å². The summed E-state index contributed by atoms with van der Waals surface area (Å²) in [5, 5.41) is 28.3. The Morgan fingerprint density at radius 1 is 1.07 bits per heavy atom. The van der Waals surface area contributed by atoms with Gasteiger partial charge in [0.25, 0.3) is 0 Å². The third kappa shape index (κ3) is 7.72. The molecule has 2 rings (SSSR count). The van der Waals surface area contributed by atoms with Crippen molar-refractivity contribution in [3.63, 3.8) is 0 Å². The summed E-state index contributed by atoms with van der Waals surface area (Å²) >= 11 is 0. The maximum Gasteiger partial charge on any atom is 0.411 e. The number of carbonyl (C=O) groups is 1. The topological polar surface area (TPSA) is 96.2 Å². The Morgan fingerprint density at radius 2 is 1.76 bits per heavy atom. The van der Waals surface area contributed by atoms with Gasteiger partial charge in [0.2, 0.25) is 0 Å². The third-order valence-electron chi connectivity index (χ3n) is 3.99. The Hall–Kier alpha value is -2.62. The summed E-state index contributed by atoms with van der Waals surface area (Å²) in [6.07, 6.45) is -7.39. The molecule has 3 N–H and O–H groups in total. The van der Waals surface area contributed by atoms with Gasteiger partial charge in [0.1, 0.15) is 25.1 Å². The maximum atomic E-state index is 12.2. The van der Waals surface area contributed by atoms with E-state index in [-0.39, 0.29) is 19.6 Å². The lowest BCUT2D eigenvalue weighted by Gasteiger charge is -2.16. The molecule has 6 nitrogen and oxygen atoms in total. The van der Waals surface area contributed by atoms with E-state index in [1.165, 1.54) is 24.3 Å². The molecule has 0 saturated carbocycles. The summed E-state index contributed by atoms with van der Waals surface area (Å²) in [6.45, 7) is -1.84. The van der Waals surface area contributed by atoms with Crippen LogP contribution in [0.2, 0.25) is 0 Å². The van der Waals surface area contributed by atoms with Gasteiger partial charge >= 0.3 is 12.1 Å². The van der Waals surface area contributed by atoms with E-state index < -0.39 is 31.0 Å². The van der Waals surface area contributed by atoms with Crippen molar-refractivity contribution in [2.45, 2.75) is 31.4 Å². The number of carboxylic acid groups (broad SMARTS) is 1. The van der Waals surface area contributed by atoms with Crippen molar-refractivity contribution < 1.29 is 42.8 Å². The molecule has 0 aliphatic heterocycles. The highest BCUT2D eigenvalue weighted by Gasteiger charge is 2.31. The zero-order chi connectivity index (χ0) is 21.4. The van der Waals surface area contributed by atoms with Gasteiger partial charge in [-0.2, -0.15) is 13.2 Å². The van der Waals surface area contributed by atoms with E-state index in [9.17, 15) is 23.1 Å². The van der Waals surface area contributed by atoms with E-state index in [1.54, 1.807) is 24.3 Å². The zero-order valence-corrected chi connectivity index (χ0v) is 15.3. The van der Waals surface area contributed by atoms with Crippen LogP contribution in [0.15, 0.2) is 48.5 Å². The molecule has 0 heterocycles. The minimum atomic E-state index is -4.61. The molecule has 0 spiro atoms. The molecule has 0 saturated heterocycles. The molecular weight excluding hydrogens is 393 g/mol. The van der Waals surface area contributed by atoms with Gasteiger partial charge in [-0.05, 0) is 28.8 Å². The molecule has 2 unspecified atom stereocenters. The molecule has 0 aliphatic carbocycles. The Bertz CT molecular complexity index is 792. The zero-order valence-electron chi connectivity index (χ0n) is 15.3. The van der Waals surface area contributed by atoms with Crippen LogP contribution in [-0.4, -0.2) is 46.8 Å². The average molecular weight is 414 g/mol. The molecule has 0 radical (unpaired) electrons. The van der Waals surface area contributed by atoms with Crippen LogP contribution in [0, 0.1) is 0 Å². The summed E-state index contributed by atoms with van der Waals surface area (Å²) < 4.78 is 46.6. The van der Waals surface area contributed by atoms with Crippen LogP contribution in [0.5, 0.6) is 5.75 Å². The van der Waals surface area contributed by atoms with Gasteiger partial charge in [-0.1, -0.05) is 36.4 Å². The van der Waals surface area contributed by atoms with Crippen LogP contribution < -0.4 is 4.74 Å². The standard InChI is InChI=1S/C20H21F3O6/c21-20(22,23)12-29-18(19(26)27)9-13-4-6-16(7-5-13)28-11-17(25)15-3-1-2-14(8-15)10-24/h1-8,17-18,24-25H,9-12H2,(H,26,27). The first-order chi connectivity index (χ1) is 13.7. The monoisotopic (exact) mass is 414 g/mol. The molecule has 2 atom stereocenters. The van der Waals surface area contributed by atoms with Crippen molar-refractivity contribution in [1.82, 2.24) is 0 Å². The van der Waals surface area contributed by atoms with Gasteiger partial charge in [-0.3, -0.25) is 0 Å². The van der Waals surface area contributed by atoms with Gasteiger partial charge in [-0.15, -0.1) is 0 Å². The first-order valence-corrected chi connectivity index (χ1v) is 8.68. The number of hydrogen-bond donors (Lipinski definition) is 3. The molecule has 0 aliphatic rings. The summed E-state index contributed by atoms with van der Waals surface area (Å²) in [5.41, 5.74) is 1.70. The van der Waals surface area contributed by atoms with Gasteiger partial charge in [-0.25, -0.2) is 4.79 Å². The fraction of sp³-hybridized carbons (Fsp3) is 0.350. The number of halogens is 3. The lowest BCUT2D eigenvalue weighted by Crippen LogP contribution is -2.31. The number of carboxylic acids is 1. The van der Waals surface area contributed by atoms with Crippen LogP contribution >= 0.6 is 0 Å². The number of rotatable bonds is 10. The summed E-state index contributed by atoms with van der Waals surface area (Å²) in [7, 11) is 0. The highest BCUT2D eigenvalue weighted by Crippen LogP contribution is 2.20. The second-order valence-electron chi connectivity index (χ2n) is 6.33. The van der Waals surface area contributed by atoms with E-state index >= 15 is 0 Å². The Kier molecular flexibility index (Phi) is 8.00. The van der Waals surface area contributed by atoms with Crippen molar-refractivity contribution in [2.75, 3.05) is 13.2 Å². The second kappa shape index (κ2) is 10.2. The van der Waals surface area contributed by atoms with Crippen LogP contribution in [0.1, 0.15) is 22.8 Å². The van der Waals surface area contributed by atoms with Crippen LogP contribution in [0.3, 0.4) is 0 Å². The maximum absolute atomic E-state index is 12.2. The van der Waals surface area contributed by atoms with E-state index in [2.05, 4.69) is 4.74 Å². The molecule has 29 heavy (non-hydrogen) atoms. The molecule has 0 bridgehead atoms. The van der Waals surface area contributed by atoms with Gasteiger partial charge in [0, 0.05) is 6.42 Å². The second-order valence-corrected chi connectivity index (χ2v) is 6.33. The molecule has 2 aromatic rings. The lowest BCUT2D eigenvalue weighted by atomic mass is 10.1. The Balaban J connectivity index is 1.91. The largest absolute Gasteiger partial charge is 0.491 e. The number of aliphatic hydroxyl groups excluding tert-OH is 2. The molecule has 158 valence electrons. The predicted molar refractivity (Wildman–Crippen MR) is 96.4 cm³/mol. The molecular formula is C20H21F3O6. The molecule has 9 heteroatoms. The van der Waals surface area contributed by atoms with Crippen LogP contribution in [0.25, 0.3) is 0 Å². The fourth-order valence-corrected chi connectivity index (χ4v) is 2.52. The quantitative estimate of drug-likeness (QED) is 0.553. The van der Waals surface area contributed by atoms with E-state index in [0.29, 0.717) is 22.4 Å². The highest BCUT2D eigenvalue weighted by molar-refractivity contribution is 5.72. The summed E-state index contributed by atoms with van der Waals surface area (Å²) in [4.78, 5) is 11.1. The van der Waals surface area contributed by atoms with E-state index in [0.717, 1.165) is 0 Å². The van der Waals surface area contributed by atoms with Crippen molar-refractivity contribution in [2.24, 2.45) is 0 Å². The smallest absolute Gasteiger partial charge is 0.411 e. The van der Waals surface area contributed by atoms with Crippen LogP contribution in [0.4, 0.5) is 13.2 Å². The van der Waals surface area contributed by atoms with Crippen molar-refractivity contribution in [3.05, 3.63) is 65.2 Å². The normalized spacial score (nSPS) is 13.7. The van der Waals surface area contributed by atoms with Crippen molar-refractivity contribution >= 4 is 5.97 Å². The fourth-order valence-electron chi connectivity index (χ4n) is 2.52. The van der Waals surface area contributed by atoms with E-state index in [1.807, 2.05) is 0 Å². The summed E-state index contributed by atoms with van der Waals surface area (Å²) in [5.74, 6) is -1.09. The first kappa shape index (κ1) is 22.7. The molecule has 2 aromatic carbocycles. The third-order valence-corrected chi connectivity index (χ3v) is 3.99. The number of aliphatic carboxylic acids is 1. The average Bonchev–Trinajstić information content (AvgIpc) is 2.69. The number of benzene rings is 2. The number of hydrogen-bond acceptors (Lipinski definition) is 5. The highest BCUT2D eigenvalue weighted by atomic mass is 19.4. The molecule has 0 amide bonds. The van der Waals surface area contributed by atoms with Gasteiger partial charge in [0.05, 0.1) is 6.61 Å². The Labute approximate surface area is 165 Å². The number of alkyl halides is 3. The van der Waals surface area contributed by atoms with Gasteiger partial charge in [0.15, 0.2) is 6.10 Å². The Morgan fingerprint density at radius 3 is 2.34 bits per heavy atom. The minimum absolute atomic E-state index is 0.0549. The van der Waals surface area contributed by atoms with Crippen molar-refractivity contribution in [1.29, 1.82) is 0 Å². The van der Waals surface area contributed by atoms with E-state index in [4.69, 9.17) is 14.9 Å². The number of ether oxygens (including phenoxy) is 2. The predicted octanol–water partition coefficient (Wildman–Crippen LogP) is 2.87. The lowest BCUT2D eigenvalue weighted by molar-refractivity contribution is -0.192. The molecule has 0 fully saturated rings. The molecule has 0 aromatic heterocycles. The first-order valence-electron chi connectivity index (χ1n) is 8.68. The minimum Gasteiger partial charge on any atom is -0.491 e.